The third kappa shape index (κ3) is 5.42. The van der Waals surface area contributed by atoms with E-state index in [2.05, 4.69) is 83.4 Å². The van der Waals surface area contributed by atoms with Crippen LogP contribution in [0.1, 0.15) is 46.4 Å². The minimum absolute atomic E-state index is 0.0664. The van der Waals surface area contributed by atoms with E-state index in [1.165, 1.54) is 9.13 Å². The van der Waals surface area contributed by atoms with E-state index < -0.39 is 0 Å². The Kier molecular flexibility index (Phi) is 6.67. The highest BCUT2D eigenvalue weighted by atomic mass is 127. The molecule has 3 rings (SSSR count). The van der Waals surface area contributed by atoms with Crippen LogP contribution in [0.5, 0.6) is 0 Å². The summed E-state index contributed by atoms with van der Waals surface area (Å²) in [7, 11) is 0. The number of carbonyl (C=O) groups excluding carboxylic acids is 1. The van der Waals surface area contributed by atoms with Crippen LogP contribution in [-0.2, 0) is 6.42 Å². The van der Waals surface area contributed by atoms with Crippen LogP contribution in [0.3, 0.4) is 0 Å². The smallest absolute Gasteiger partial charge is 0.165 e. The number of carbonyl (C=O) groups is 1. The first-order valence-corrected chi connectivity index (χ1v) is 10.3. The van der Waals surface area contributed by atoms with Gasteiger partial charge in [-0.05, 0) is 71.3 Å². The lowest BCUT2D eigenvalue weighted by atomic mass is 9.97. The van der Waals surface area contributed by atoms with Crippen LogP contribution in [0, 0.1) is 10.5 Å². The van der Waals surface area contributed by atoms with Gasteiger partial charge in [-0.25, -0.2) is 0 Å². The first-order valence-electron chi connectivity index (χ1n) is 9.26. The lowest BCUT2D eigenvalue weighted by Gasteiger charge is -2.20. The second-order valence-electron chi connectivity index (χ2n) is 6.79. The number of aryl methyl sites for hydroxylation is 2. The van der Waals surface area contributed by atoms with Gasteiger partial charge < -0.3 is 5.32 Å². The van der Waals surface area contributed by atoms with Crippen molar-refractivity contribution in [2.24, 2.45) is 0 Å². The molecule has 0 aromatic heterocycles. The Bertz CT molecular complexity index is 883. The van der Waals surface area contributed by atoms with Crippen molar-refractivity contribution >= 4 is 34.1 Å². The Balaban J connectivity index is 1.83. The largest absolute Gasteiger partial charge is 0.378 e. The second kappa shape index (κ2) is 9.18. The Morgan fingerprint density at radius 2 is 1.56 bits per heavy atom. The molecule has 27 heavy (non-hydrogen) atoms. The van der Waals surface area contributed by atoms with E-state index in [9.17, 15) is 4.79 Å². The molecule has 0 saturated carbocycles. The van der Waals surface area contributed by atoms with E-state index in [-0.39, 0.29) is 11.8 Å². The number of benzene rings is 3. The van der Waals surface area contributed by atoms with Crippen molar-refractivity contribution in [1.82, 2.24) is 0 Å². The van der Waals surface area contributed by atoms with Gasteiger partial charge in [0.2, 0.25) is 0 Å². The average Bonchev–Trinajstić information content (AvgIpc) is 2.69. The Labute approximate surface area is 175 Å². The lowest BCUT2D eigenvalue weighted by Crippen LogP contribution is -2.16. The average molecular weight is 469 g/mol. The molecular weight excluding hydrogens is 445 g/mol. The number of Topliss-reactive ketones (excluding diaryl/α,β-unsaturated/α-hetero) is 1. The quantitative estimate of drug-likeness (QED) is 0.313. The van der Waals surface area contributed by atoms with E-state index >= 15 is 0 Å². The molecule has 3 aromatic carbocycles. The molecule has 0 spiro atoms. The van der Waals surface area contributed by atoms with Crippen molar-refractivity contribution in [1.29, 1.82) is 0 Å². The number of ketones is 1. The van der Waals surface area contributed by atoms with Crippen molar-refractivity contribution < 1.29 is 4.79 Å². The number of nitrogens with one attached hydrogen (secondary N) is 1. The summed E-state index contributed by atoms with van der Waals surface area (Å²) in [6, 6.07) is 24.6. The Morgan fingerprint density at radius 1 is 0.926 bits per heavy atom. The number of halogens is 1. The molecule has 2 nitrogen and oxygen atoms in total. The molecule has 3 heteroatoms. The van der Waals surface area contributed by atoms with Crippen LogP contribution in [-0.4, -0.2) is 5.78 Å². The summed E-state index contributed by atoms with van der Waals surface area (Å²) in [5.41, 5.74) is 5.39. The van der Waals surface area contributed by atoms with Crippen molar-refractivity contribution in [2.75, 3.05) is 5.32 Å². The molecular formula is C24H24INO. The third-order valence-corrected chi connectivity index (χ3v) is 5.46. The number of hydrogen-bond donors (Lipinski definition) is 1. The number of anilines is 1. The van der Waals surface area contributed by atoms with Gasteiger partial charge in [-0.2, -0.15) is 0 Å². The van der Waals surface area contributed by atoms with Gasteiger partial charge in [-0.1, -0.05) is 61.0 Å². The van der Waals surface area contributed by atoms with Crippen LogP contribution in [0.4, 0.5) is 5.69 Å². The monoisotopic (exact) mass is 469 g/mol. The molecule has 0 saturated heterocycles. The van der Waals surface area contributed by atoms with E-state index in [1.54, 1.807) is 0 Å². The Hall–Kier alpha value is -2.14. The molecule has 0 amide bonds. The normalized spacial score (nSPS) is 11.8. The predicted molar refractivity (Wildman–Crippen MR) is 121 cm³/mol. The van der Waals surface area contributed by atoms with Crippen LogP contribution in [0.2, 0.25) is 0 Å². The number of rotatable bonds is 7. The summed E-state index contributed by atoms with van der Waals surface area (Å²) in [6.45, 7) is 4.18. The van der Waals surface area contributed by atoms with Gasteiger partial charge in [-0.15, -0.1) is 0 Å². The molecule has 0 aliphatic rings. The fourth-order valence-electron chi connectivity index (χ4n) is 3.03. The lowest BCUT2D eigenvalue weighted by molar-refractivity contribution is 0.0976. The molecule has 0 fully saturated rings. The van der Waals surface area contributed by atoms with Crippen LogP contribution < -0.4 is 5.32 Å². The maximum absolute atomic E-state index is 12.9. The standard InChI is InChI=1S/C24H24INO/c1-3-18-6-14-22(15-7-18)26-23(19-10-12-21(25)13-11-19)16-24(27)20-8-4-17(2)5-9-20/h4-15,23,26H,3,16H2,1-2H3/t23-/m1/s1. The molecule has 3 aromatic rings. The van der Waals surface area contributed by atoms with Crippen LogP contribution in [0.15, 0.2) is 72.8 Å². The van der Waals surface area contributed by atoms with Gasteiger partial charge in [0.1, 0.15) is 0 Å². The highest BCUT2D eigenvalue weighted by Gasteiger charge is 2.17. The topological polar surface area (TPSA) is 29.1 Å². The summed E-state index contributed by atoms with van der Waals surface area (Å²) < 4.78 is 1.19. The summed E-state index contributed by atoms with van der Waals surface area (Å²) in [6.07, 6.45) is 1.44. The molecule has 0 radical (unpaired) electrons. The zero-order valence-corrected chi connectivity index (χ0v) is 17.9. The van der Waals surface area contributed by atoms with Crippen molar-refractivity contribution in [2.45, 2.75) is 32.7 Å². The van der Waals surface area contributed by atoms with Crippen molar-refractivity contribution in [3.63, 3.8) is 0 Å². The van der Waals surface area contributed by atoms with Gasteiger partial charge >= 0.3 is 0 Å². The maximum atomic E-state index is 12.9. The first-order chi connectivity index (χ1) is 13.0. The SMILES string of the molecule is CCc1ccc(N[C@H](CC(=O)c2ccc(C)cc2)c2ccc(I)cc2)cc1. The number of hydrogen-bond acceptors (Lipinski definition) is 2. The minimum atomic E-state index is -0.0664. The Morgan fingerprint density at radius 3 is 2.15 bits per heavy atom. The highest BCUT2D eigenvalue weighted by molar-refractivity contribution is 14.1. The van der Waals surface area contributed by atoms with Gasteiger partial charge in [0, 0.05) is 21.2 Å². The van der Waals surface area contributed by atoms with E-state index in [1.807, 2.05) is 31.2 Å². The molecule has 1 atom stereocenters. The van der Waals surface area contributed by atoms with Gasteiger partial charge in [0.15, 0.2) is 5.78 Å². The third-order valence-electron chi connectivity index (χ3n) is 4.74. The van der Waals surface area contributed by atoms with E-state index in [0.717, 1.165) is 28.8 Å². The fourth-order valence-corrected chi connectivity index (χ4v) is 3.39. The van der Waals surface area contributed by atoms with E-state index in [0.29, 0.717) is 6.42 Å². The predicted octanol–water partition coefficient (Wildman–Crippen LogP) is 6.59. The summed E-state index contributed by atoms with van der Waals surface area (Å²) in [4.78, 5) is 12.9. The summed E-state index contributed by atoms with van der Waals surface area (Å²) in [5, 5.41) is 3.55. The zero-order valence-electron chi connectivity index (χ0n) is 15.7. The van der Waals surface area contributed by atoms with Gasteiger partial charge in [-0.3, -0.25) is 4.79 Å². The molecule has 0 aliphatic heterocycles. The fraction of sp³-hybridized carbons (Fsp3) is 0.208. The minimum Gasteiger partial charge on any atom is -0.378 e. The van der Waals surface area contributed by atoms with Crippen LogP contribution in [0.25, 0.3) is 0 Å². The molecule has 0 aliphatic carbocycles. The first kappa shape index (κ1) is 19.6. The molecule has 0 heterocycles. The summed E-state index contributed by atoms with van der Waals surface area (Å²) in [5.74, 6) is 0.149. The van der Waals surface area contributed by atoms with Crippen molar-refractivity contribution in [3.05, 3.63) is 98.6 Å². The van der Waals surface area contributed by atoms with Gasteiger partial charge in [0.25, 0.3) is 0 Å². The molecule has 0 bridgehead atoms. The van der Waals surface area contributed by atoms with E-state index in [4.69, 9.17) is 0 Å². The molecule has 138 valence electrons. The van der Waals surface area contributed by atoms with Gasteiger partial charge in [0.05, 0.1) is 6.04 Å². The molecule has 1 N–H and O–H groups in total. The second-order valence-corrected chi connectivity index (χ2v) is 8.04. The zero-order chi connectivity index (χ0) is 19.2. The van der Waals surface area contributed by atoms with Crippen LogP contribution >= 0.6 is 22.6 Å². The summed E-state index contributed by atoms with van der Waals surface area (Å²) >= 11 is 2.30. The molecule has 0 unspecified atom stereocenters. The van der Waals surface area contributed by atoms with Crippen molar-refractivity contribution in [3.8, 4) is 0 Å². The highest BCUT2D eigenvalue weighted by Crippen LogP contribution is 2.26. The maximum Gasteiger partial charge on any atom is 0.165 e.